The predicted molar refractivity (Wildman–Crippen MR) is 219 cm³/mol. The van der Waals surface area contributed by atoms with Gasteiger partial charge in [-0.2, -0.15) is 0 Å². The van der Waals surface area contributed by atoms with Crippen molar-refractivity contribution in [3.8, 4) is 0 Å². The third-order valence-corrected chi connectivity index (χ3v) is 16.6. The number of hydrogen-bond donors (Lipinski definition) is 12. The lowest BCUT2D eigenvalue weighted by Crippen LogP contribution is -2.65. The summed E-state index contributed by atoms with van der Waals surface area (Å²) in [6.45, 7) is 10.8. The maximum atomic E-state index is 12.2. The number of fused-ring (bicyclic) bond motifs is 7. The van der Waals surface area contributed by atoms with Crippen molar-refractivity contribution in [1.29, 1.82) is 0 Å². The van der Waals surface area contributed by atoms with Gasteiger partial charge in [-0.05, 0) is 74.7 Å². The van der Waals surface area contributed by atoms with Crippen LogP contribution in [0.2, 0.25) is 0 Å². The molecule has 3 saturated carbocycles. The fraction of sp³-hybridized carbons (Fsp3) is 0.867. The van der Waals surface area contributed by atoms with E-state index in [0.29, 0.717) is 37.7 Å². The van der Waals surface area contributed by atoms with Gasteiger partial charge in [0.15, 0.2) is 18.9 Å². The van der Waals surface area contributed by atoms with E-state index in [4.69, 9.17) is 33.2 Å². The van der Waals surface area contributed by atoms with E-state index in [0.717, 1.165) is 23.3 Å². The van der Waals surface area contributed by atoms with Crippen LogP contribution in [0.15, 0.2) is 35.1 Å². The highest BCUT2D eigenvalue weighted by molar-refractivity contribution is 5.32. The van der Waals surface area contributed by atoms with Gasteiger partial charge in [0.1, 0.15) is 73.2 Å². The Kier molecular flexibility index (Phi) is 14.2. The molecule has 0 amide bonds. The number of ether oxygens (including phenoxy) is 7. The van der Waals surface area contributed by atoms with E-state index >= 15 is 0 Å². The zero-order chi connectivity index (χ0) is 46.3. The second-order valence-electron chi connectivity index (χ2n) is 20.3. The molecule has 8 rings (SSSR count). The van der Waals surface area contributed by atoms with Crippen molar-refractivity contribution >= 4 is 0 Å². The van der Waals surface area contributed by atoms with Gasteiger partial charge in [0.2, 0.25) is 0 Å². The molecule has 4 aliphatic heterocycles. The highest BCUT2D eigenvalue weighted by Gasteiger charge is 2.67. The van der Waals surface area contributed by atoms with E-state index in [1.54, 1.807) is 0 Å². The van der Waals surface area contributed by atoms with Gasteiger partial charge in [-0.25, -0.2) is 0 Å². The van der Waals surface area contributed by atoms with Crippen molar-refractivity contribution in [1.82, 2.24) is 0 Å². The molecule has 12 N–H and O–H groups in total. The van der Waals surface area contributed by atoms with Crippen LogP contribution in [0.4, 0.5) is 0 Å². The van der Waals surface area contributed by atoms with Gasteiger partial charge in [-0.3, -0.25) is 0 Å². The van der Waals surface area contributed by atoms with Gasteiger partial charge in [0, 0.05) is 24.2 Å². The van der Waals surface area contributed by atoms with Crippen molar-refractivity contribution in [3.63, 3.8) is 0 Å². The van der Waals surface area contributed by atoms with E-state index in [9.17, 15) is 61.3 Å². The van der Waals surface area contributed by atoms with Crippen molar-refractivity contribution in [2.24, 2.45) is 34.5 Å². The summed E-state index contributed by atoms with van der Waals surface area (Å²) in [7, 11) is 0. The zero-order valence-corrected chi connectivity index (χ0v) is 36.9. The Bertz CT molecular complexity index is 1740. The quantitative estimate of drug-likeness (QED) is 0.0941. The summed E-state index contributed by atoms with van der Waals surface area (Å²) in [5, 5.41) is 128. The molecule has 4 heterocycles. The molecule has 0 aromatic rings. The lowest BCUT2D eigenvalue weighted by atomic mass is 9.45. The summed E-state index contributed by atoms with van der Waals surface area (Å²) in [5.41, 5.74) is 1.69. The molecular formula is C45H70O19. The Labute approximate surface area is 372 Å². The average molecular weight is 915 g/mol. The summed E-state index contributed by atoms with van der Waals surface area (Å²) in [4.78, 5) is 0. The SMILES string of the molecule is C=C(CCC1=C(C)C2C(CC3C4CC=C5CC(OC6OC(CO)C(O)C(O)C6OC6OC(C)C(O)C(O)C6O)CC(O)C5(C)C4C(O)CC32C)O1)COC1OC(CO)C(O)C(O)C1O. The number of aliphatic hydroxyl groups excluding tert-OH is 12. The number of aliphatic hydroxyl groups is 12. The molecule has 6 fully saturated rings. The molecule has 0 radical (unpaired) electrons. The third-order valence-electron chi connectivity index (χ3n) is 16.6. The van der Waals surface area contributed by atoms with E-state index in [1.807, 2.05) is 6.92 Å². The van der Waals surface area contributed by atoms with Crippen LogP contribution in [0, 0.1) is 34.5 Å². The Morgan fingerprint density at radius 1 is 0.781 bits per heavy atom. The number of rotatable bonds is 12. The highest BCUT2D eigenvalue weighted by atomic mass is 16.8. The first-order valence-corrected chi connectivity index (χ1v) is 22.9. The highest BCUT2D eigenvalue weighted by Crippen LogP contribution is 2.69. The van der Waals surface area contributed by atoms with E-state index in [-0.39, 0.29) is 48.2 Å². The summed E-state index contributed by atoms with van der Waals surface area (Å²) in [5.74, 6) is 0.943. The van der Waals surface area contributed by atoms with Gasteiger partial charge < -0.3 is 94.4 Å². The minimum Gasteiger partial charge on any atom is -0.494 e. The monoisotopic (exact) mass is 914 g/mol. The Morgan fingerprint density at radius 3 is 2.11 bits per heavy atom. The smallest absolute Gasteiger partial charge is 0.187 e. The van der Waals surface area contributed by atoms with Gasteiger partial charge in [0.05, 0.1) is 50.0 Å². The van der Waals surface area contributed by atoms with Crippen LogP contribution in [0.1, 0.15) is 72.6 Å². The maximum absolute atomic E-state index is 12.2. The molecule has 8 aliphatic rings. The molecule has 25 atom stereocenters. The number of allylic oxidation sites excluding steroid dienone is 2. The Hall–Kier alpha value is -1.70. The minimum absolute atomic E-state index is 0.0170. The summed E-state index contributed by atoms with van der Waals surface area (Å²) in [6.07, 6.45) is -18.3. The van der Waals surface area contributed by atoms with Crippen LogP contribution in [-0.4, -0.2) is 198 Å². The summed E-state index contributed by atoms with van der Waals surface area (Å²) >= 11 is 0. The first-order chi connectivity index (χ1) is 30.2. The van der Waals surface area contributed by atoms with Crippen LogP contribution in [0.3, 0.4) is 0 Å². The predicted octanol–water partition coefficient (Wildman–Crippen LogP) is -2.02. The molecule has 0 spiro atoms. The second-order valence-corrected chi connectivity index (χ2v) is 20.3. The lowest BCUT2D eigenvalue weighted by Gasteiger charge is -2.61. The van der Waals surface area contributed by atoms with Crippen LogP contribution < -0.4 is 0 Å². The minimum atomic E-state index is -1.71. The van der Waals surface area contributed by atoms with Crippen LogP contribution in [0.5, 0.6) is 0 Å². The van der Waals surface area contributed by atoms with Gasteiger partial charge in [-0.15, -0.1) is 0 Å². The van der Waals surface area contributed by atoms with E-state index < -0.39 is 129 Å². The van der Waals surface area contributed by atoms with Gasteiger partial charge in [-0.1, -0.05) is 37.6 Å². The largest absolute Gasteiger partial charge is 0.494 e. The van der Waals surface area contributed by atoms with Crippen molar-refractivity contribution in [2.75, 3.05) is 19.8 Å². The molecule has 19 heteroatoms. The third kappa shape index (κ3) is 8.25. The molecule has 364 valence electrons. The van der Waals surface area contributed by atoms with E-state index in [1.165, 1.54) is 6.92 Å². The average Bonchev–Trinajstić information content (AvgIpc) is 3.74. The topological polar surface area (TPSA) is 307 Å². The summed E-state index contributed by atoms with van der Waals surface area (Å²) < 4.78 is 41.7. The Balaban J connectivity index is 0.923. The lowest BCUT2D eigenvalue weighted by molar-refractivity contribution is -0.370. The second kappa shape index (κ2) is 18.7. The van der Waals surface area contributed by atoms with Crippen LogP contribution in [-0.2, 0) is 33.2 Å². The number of hydrogen-bond acceptors (Lipinski definition) is 19. The van der Waals surface area contributed by atoms with Gasteiger partial charge in [0.25, 0.3) is 0 Å². The molecule has 0 aromatic heterocycles. The summed E-state index contributed by atoms with van der Waals surface area (Å²) in [6, 6.07) is 0. The molecule has 64 heavy (non-hydrogen) atoms. The molecule has 19 nitrogen and oxygen atoms in total. The van der Waals surface area contributed by atoms with E-state index in [2.05, 4.69) is 26.5 Å². The van der Waals surface area contributed by atoms with Crippen LogP contribution >= 0.6 is 0 Å². The zero-order valence-electron chi connectivity index (χ0n) is 36.9. The first-order valence-electron chi connectivity index (χ1n) is 22.9. The molecule has 4 aliphatic carbocycles. The Morgan fingerprint density at radius 2 is 1.42 bits per heavy atom. The fourth-order valence-corrected chi connectivity index (χ4v) is 13.0. The van der Waals surface area contributed by atoms with Crippen molar-refractivity contribution in [3.05, 3.63) is 35.1 Å². The van der Waals surface area contributed by atoms with Gasteiger partial charge >= 0.3 is 0 Å². The standard InChI is InChI=1S/C45H70O19/c1-17(16-58-41-38(56)36(54)33(51)27(14-46)62-41)6-9-25-18(2)30-26(61-25)12-23-22-8-7-20-10-21(11-29(49)45(20,5)31(22)24(48)13-44(23,30)4)60-43-40(37(55)34(52)28(15-47)63-43)64-42-39(57)35(53)32(50)19(3)59-42/h7,19,21-24,26-43,46-57H,1,6,8-16H2,2-5H3. The molecule has 25 unspecified atom stereocenters. The molecular weight excluding hydrogens is 844 g/mol. The molecule has 0 aromatic carbocycles. The fourth-order valence-electron chi connectivity index (χ4n) is 13.0. The van der Waals surface area contributed by atoms with Crippen molar-refractivity contribution < 1.29 is 94.4 Å². The van der Waals surface area contributed by atoms with Crippen molar-refractivity contribution in [2.45, 2.75) is 189 Å². The first kappa shape index (κ1) is 48.7. The normalized spacial score (nSPS) is 52.6. The molecule has 3 saturated heterocycles. The maximum Gasteiger partial charge on any atom is 0.187 e. The van der Waals surface area contributed by atoms with Crippen LogP contribution in [0.25, 0.3) is 0 Å². The molecule has 0 bridgehead atoms.